The largest absolute Gasteiger partial charge is 0.356 e. The molecule has 0 aromatic heterocycles. The highest BCUT2D eigenvalue weighted by molar-refractivity contribution is 5.95. The third-order valence-electron chi connectivity index (χ3n) is 6.72. The zero-order valence-electron chi connectivity index (χ0n) is 17.9. The van der Waals surface area contributed by atoms with E-state index in [1.54, 1.807) is 0 Å². The Morgan fingerprint density at radius 1 is 0.967 bits per heavy atom. The van der Waals surface area contributed by atoms with E-state index >= 15 is 0 Å². The summed E-state index contributed by atoms with van der Waals surface area (Å²) in [6.45, 7) is 0.805. The quantitative estimate of drug-likeness (QED) is 0.776. The number of nitrogens with one attached hydrogen (secondary N) is 1. The van der Waals surface area contributed by atoms with Gasteiger partial charge in [-0.1, -0.05) is 55.7 Å². The molecule has 1 heterocycles. The van der Waals surface area contributed by atoms with Crippen molar-refractivity contribution in [3.8, 4) is 11.1 Å². The Bertz CT molecular complexity index is 884. The predicted molar refractivity (Wildman–Crippen MR) is 120 cm³/mol. The minimum absolute atomic E-state index is 0.0841. The predicted octanol–water partition coefficient (Wildman–Crippen LogP) is 4.83. The van der Waals surface area contributed by atoms with Crippen molar-refractivity contribution in [1.29, 1.82) is 0 Å². The van der Waals surface area contributed by atoms with Gasteiger partial charge in [0.15, 0.2) is 0 Å². The first-order valence-electron chi connectivity index (χ1n) is 11.4. The van der Waals surface area contributed by atoms with Crippen LogP contribution in [-0.2, 0) is 11.2 Å². The van der Waals surface area contributed by atoms with E-state index in [1.165, 1.54) is 24.8 Å². The second-order valence-corrected chi connectivity index (χ2v) is 8.82. The van der Waals surface area contributed by atoms with Gasteiger partial charge in [0.25, 0.3) is 5.91 Å². The van der Waals surface area contributed by atoms with Crippen LogP contribution < -0.4 is 5.32 Å². The van der Waals surface area contributed by atoms with Crippen molar-refractivity contribution >= 4 is 11.8 Å². The highest BCUT2D eigenvalue weighted by Crippen LogP contribution is 2.26. The van der Waals surface area contributed by atoms with Gasteiger partial charge in [0, 0.05) is 31.1 Å². The van der Waals surface area contributed by atoms with Gasteiger partial charge < -0.3 is 10.2 Å². The van der Waals surface area contributed by atoms with Crippen LogP contribution in [0.15, 0.2) is 48.5 Å². The van der Waals surface area contributed by atoms with Crippen LogP contribution in [0.5, 0.6) is 0 Å². The highest BCUT2D eigenvalue weighted by Gasteiger charge is 2.24. The molecule has 0 spiro atoms. The van der Waals surface area contributed by atoms with E-state index < -0.39 is 0 Å². The molecule has 1 aliphatic carbocycles. The van der Waals surface area contributed by atoms with Crippen molar-refractivity contribution in [3.05, 3.63) is 59.7 Å². The lowest BCUT2D eigenvalue weighted by Crippen LogP contribution is -2.38. The minimum Gasteiger partial charge on any atom is -0.356 e. The monoisotopic (exact) mass is 404 g/mol. The van der Waals surface area contributed by atoms with Crippen LogP contribution in [0.2, 0.25) is 0 Å². The zero-order chi connectivity index (χ0) is 20.9. The Morgan fingerprint density at radius 2 is 1.73 bits per heavy atom. The van der Waals surface area contributed by atoms with E-state index in [0.717, 1.165) is 55.3 Å². The average molecular weight is 405 g/mol. The van der Waals surface area contributed by atoms with Gasteiger partial charge in [-0.15, -0.1) is 0 Å². The number of piperidine rings is 1. The van der Waals surface area contributed by atoms with Crippen molar-refractivity contribution in [2.75, 3.05) is 13.6 Å². The van der Waals surface area contributed by atoms with Crippen LogP contribution in [0.4, 0.5) is 0 Å². The van der Waals surface area contributed by atoms with Crippen molar-refractivity contribution in [2.24, 2.45) is 5.92 Å². The molecular weight excluding hydrogens is 372 g/mol. The van der Waals surface area contributed by atoms with Crippen molar-refractivity contribution in [3.63, 3.8) is 0 Å². The molecule has 4 rings (SSSR count). The maximum atomic E-state index is 13.0. The van der Waals surface area contributed by atoms with Crippen LogP contribution in [0.25, 0.3) is 11.1 Å². The van der Waals surface area contributed by atoms with Crippen molar-refractivity contribution in [1.82, 2.24) is 10.2 Å². The van der Waals surface area contributed by atoms with Crippen LogP contribution >= 0.6 is 0 Å². The van der Waals surface area contributed by atoms with Gasteiger partial charge in [0.05, 0.1) is 0 Å². The number of hydrogen-bond donors (Lipinski definition) is 1. The number of carbonyl (C=O) groups excluding carboxylic acids is 2. The molecule has 1 unspecified atom stereocenters. The number of hydrogen-bond acceptors (Lipinski definition) is 2. The topological polar surface area (TPSA) is 49.4 Å². The summed E-state index contributed by atoms with van der Waals surface area (Å²) in [6, 6.07) is 16.7. The summed E-state index contributed by atoms with van der Waals surface area (Å²) < 4.78 is 0. The molecule has 30 heavy (non-hydrogen) atoms. The van der Waals surface area contributed by atoms with Gasteiger partial charge in [-0.25, -0.2) is 0 Å². The number of benzene rings is 2. The Labute approximate surface area is 179 Å². The smallest absolute Gasteiger partial charge is 0.253 e. The fourth-order valence-corrected chi connectivity index (χ4v) is 4.82. The molecule has 1 saturated heterocycles. The first kappa shape index (κ1) is 20.6. The molecule has 2 aliphatic rings. The molecule has 2 aromatic carbocycles. The van der Waals surface area contributed by atoms with Gasteiger partial charge in [-0.2, -0.15) is 0 Å². The molecule has 2 amide bonds. The molecule has 4 nitrogen and oxygen atoms in total. The fourth-order valence-electron chi connectivity index (χ4n) is 4.82. The fraction of sp³-hybridized carbons (Fsp3) is 0.462. The molecule has 4 heteroatoms. The maximum Gasteiger partial charge on any atom is 0.253 e. The third-order valence-corrected chi connectivity index (χ3v) is 6.72. The molecule has 1 atom stereocenters. The van der Waals surface area contributed by atoms with E-state index in [9.17, 15) is 9.59 Å². The molecule has 2 aromatic rings. The Kier molecular flexibility index (Phi) is 6.51. The van der Waals surface area contributed by atoms with Gasteiger partial charge in [0.1, 0.15) is 0 Å². The second-order valence-electron chi connectivity index (χ2n) is 8.82. The lowest BCUT2D eigenvalue weighted by Gasteiger charge is -2.31. The standard InChI is InChI=1S/C26H32N2O2/c1-28(24-10-3-2-4-11-24)26(30)23-8-5-7-21(18-23)20-14-12-19(13-15-20)17-22-9-6-16-27-25(22)29/h5,7-8,12-15,18,22,24H,2-4,6,9-11,16-17H2,1H3,(H,27,29). The Morgan fingerprint density at radius 3 is 2.47 bits per heavy atom. The average Bonchev–Trinajstić information content (AvgIpc) is 2.81. The van der Waals surface area contributed by atoms with E-state index in [-0.39, 0.29) is 17.7 Å². The molecular formula is C26H32N2O2. The van der Waals surface area contributed by atoms with Gasteiger partial charge >= 0.3 is 0 Å². The van der Waals surface area contributed by atoms with E-state index in [0.29, 0.717) is 6.04 Å². The molecule has 0 bridgehead atoms. The van der Waals surface area contributed by atoms with Gasteiger partial charge in [0.2, 0.25) is 5.91 Å². The number of nitrogens with zero attached hydrogens (tertiary/aromatic N) is 1. The summed E-state index contributed by atoms with van der Waals surface area (Å²) in [5.74, 6) is 0.378. The second kappa shape index (κ2) is 9.46. The Hall–Kier alpha value is -2.62. The summed E-state index contributed by atoms with van der Waals surface area (Å²) in [4.78, 5) is 27.0. The summed E-state index contributed by atoms with van der Waals surface area (Å²) in [6.07, 6.45) is 8.77. The number of amides is 2. The van der Waals surface area contributed by atoms with E-state index in [1.807, 2.05) is 30.1 Å². The molecule has 2 fully saturated rings. The minimum atomic E-state index is 0.0841. The molecule has 158 valence electrons. The highest BCUT2D eigenvalue weighted by atomic mass is 16.2. The maximum absolute atomic E-state index is 13.0. The third kappa shape index (κ3) is 4.75. The zero-order valence-corrected chi connectivity index (χ0v) is 17.9. The number of carbonyl (C=O) groups is 2. The summed E-state index contributed by atoms with van der Waals surface area (Å²) in [5, 5.41) is 2.96. The molecule has 0 radical (unpaired) electrons. The normalized spacial score (nSPS) is 19.9. The van der Waals surface area contributed by atoms with E-state index in [2.05, 4.69) is 35.6 Å². The summed E-state index contributed by atoms with van der Waals surface area (Å²) >= 11 is 0. The van der Waals surface area contributed by atoms with Crippen LogP contribution in [0.3, 0.4) is 0 Å². The number of rotatable bonds is 5. The summed E-state index contributed by atoms with van der Waals surface area (Å²) in [5.41, 5.74) is 4.09. The van der Waals surface area contributed by atoms with Gasteiger partial charge in [-0.05, 0) is 60.9 Å². The Balaban J connectivity index is 1.45. The van der Waals surface area contributed by atoms with E-state index in [4.69, 9.17) is 0 Å². The van der Waals surface area contributed by atoms with Crippen molar-refractivity contribution in [2.45, 2.75) is 57.4 Å². The van der Waals surface area contributed by atoms with Gasteiger partial charge in [-0.3, -0.25) is 9.59 Å². The molecule has 1 N–H and O–H groups in total. The lowest BCUT2D eigenvalue weighted by atomic mass is 9.91. The van der Waals surface area contributed by atoms with Crippen LogP contribution in [0, 0.1) is 5.92 Å². The molecule has 1 saturated carbocycles. The SMILES string of the molecule is CN(C(=O)c1cccc(-c2ccc(CC3CCCNC3=O)cc2)c1)C1CCCCC1. The first-order chi connectivity index (χ1) is 14.6. The summed E-state index contributed by atoms with van der Waals surface area (Å²) in [7, 11) is 1.95. The lowest BCUT2D eigenvalue weighted by molar-refractivity contribution is -0.126. The van der Waals surface area contributed by atoms with Crippen molar-refractivity contribution < 1.29 is 9.59 Å². The molecule has 1 aliphatic heterocycles. The first-order valence-corrected chi connectivity index (χ1v) is 11.4. The van der Waals surface area contributed by atoms with Crippen LogP contribution in [-0.4, -0.2) is 36.3 Å². The van der Waals surface area contributed by atoms with Crippen LogP contribution in [0.1, 0.15) is 60.9 Å².